The largest absolute Gasteiger partial charge is 0.187 e. The van der Waals surface area contributed by atoms with Crippen LogP contribution in [0.15, 0.2) is 0 Å². The van der Waals surface area contributed by atoms with Gasteiger partial charge >= 0.3 is 0 Å². The minimum Gasteiger partial charge on any atom is -0.138 e. The summed E-state index contributed by atoms with van der Waals surface area (Å²) >= 11 is 0. The standard InChI is InChI=1S/C2H7P.Al.BrH.3H/c1-2-3;;;;;/h2-3H2,1H3;;1H;;;. The van der Waals surface area contributed by atoms with Crippen molar-refractivity contribution in [1.82, 2.24) is 0 Å². The zero-order valence-corrected chi connectivity index (χ0v) is 5.56. The molecule has 0 N–H and O–H groups in total. The second kappa shape index (κ2) is 18.0. The molecule has 3 heteroatoms. The minimum atomic E-state index is 0. The normalized spacial score (nSPS) is 3.60. The summed E-state index contributed by atoms with van der Waals surface area (Å²) < 4.78 is 0. The smallest absolute Gasteiger partial charge is 0.138 e. The molecule has 5 heavy (non-hydrogen) atoms. The second-order valence-corrected chi connectivity index (χ2v) is 1.22. The molecule has 0 bridgehead atoms. The lowest BCUT2D eigenvalue weighted by molar-refractivity contribution is 1.53. The van der Waals surface area contributed by atoms with Crippen LogP contribution in [0.3, 0.4) is 0 Å². The van der Waals surface area contributed by atoms with Crippen molar-refractivity contribution in [2.45, 2.75) is 6.92 Å². The Balaban J connectivity index is -0.0000000200. The first-order valence-corrected chi connectivity index (χ1v) is 1.93. The topological polar surface area (TPSA) is 0 Å². The monoisotopic (exact) mass is 172 g/mol. The first kappa shape index (κ1) is 16.1. The van der Waals surface area contributed by atoms with Gasteiger partial charge in [-0.1, -0.05) is 6.92 Å². The van der Waals surface area contributed by atoms with Gasteiger partial charge in [-0.05, 0) is 6.16 Å². The zero-order valence-electron chi connectivity index (χ0n) is 2.69. The van der Waals surface area contributed by atoms with E-state index in [0.717, 1.165) is 0 Å². The van der Waals surface area contributed by atoms with Gasteiger partial charge in [0.05, 0.1) is 0 Å². The van der Waals surface area contributed by atoms with Crippen molar-refractivity contribution >= 4 is 43.6 Å². The van der Waals surface area contributed by atoms with Crippen molar-refractivity contribution < 1.29 is 0 Å². The zero-order chi connectivity index (χ0) is 2.71. The molecule has 0 radical (unpaired) electrons. The number of hydrogen-bond donors (Lipinski definition) is 0. The molecule has 34 valence electrons. The van der Waals surface area contributed by atoms with E-state index >= 15 is 0 Å². The fourth-order valence-electron chi connectivity index (χ4n) is 0. The van der Waals surface area contributed by atoms with Crippen LogP contribution >= 0.6 is 26.2 Å². The lowest BCUT2D eigenvalue weighted by Crippen LogP contribution is -1.33. The first-order valence-electron chi connectivity index (χ1n) is 1.12. The first-order chi connectivity index (χ1) is 1.41. The van der Waals surface area contributed by atoms with Gasteiger partial charge in [-0.15, -0.1) is 26.2 Å². The SMILES string of the molecule is Br.CCP.[AlH3]. The van der Waals surface area contributed by atoms with Gasteiger partial charge < -0.3 is 0 Å². The van der Waals surface area contributed by atoms with E-state index in [1.54, 1.807) is 0 Å². The molecule has 0 nitrogen and oxygen atoms in total. The predicted octanol–water partition coefficient (Wildman–Crippen LogP) is 0.275. The van der Waals surface area contributed by atoms with Crippen molar-refractivity contribution in [3.63, 3.8) is 0 Å². The Hall–Kier alpha value is 1.44. The summed E-state index contributed by atoms with van der Waals surface area (Å²) in [5.41, 5.74) is 0. The van der Waals surface area contributed by atoms with E-state index in [2.05, 4.69) is 16.2 Å². The van der Waals surface area contributed by atoms with E-state index < -0.39 is 0 Å². The third-order valence-electron chi connectivity index (χ3n) is 0. The van der Waals surface area contributed by atoms with Gasteiger partial charge in [-0.3, -0.25) is 0 Å². The molecular weight excluding hydrogens is 162 g/mol. The number of hydrogen-bond acceptors (Lipinski definition) is 0. The van der Waals surface area contributed by atoms with Crippen molar-refractivity contribution in [2.24, 2.45) is 0 Å². The Labute approximate surface area is 56.8 Å². The molecule has 0 aliphatic rings. The highest BCUT2D eigenvalue weighted by Crippen LogP contribution is 1.68. The van der Waals surface area contributed by atoms with Crippen molar-refractivity contribution in [2.75, 3.05) is 6.16 Å². The maximum atomic E-state index is 2.58. The average molecular weight is 173 g/mol. The lowest BCUT2D eigenvalue weighted by atomic mass is 11.0. The molecular formula is C2H11AlBrP. The van der Waals surface area contributed by atoms with E-state index in [0.29, 0.717) is 0 Å². The van der Waals surface area contributed by atoms with Crippen LogP contribution in [0.4, 0.5) is 0 Å². The Morgan fingerprint density at radius 2 is 1.60 bits per heavy atom. The van der Waals surface area contributed by atoms with E-state index in [1.807, 2.05) is 0 Å². The fourth-order valence-corrected chi connectivity index (χ4v) is 0. The summed E-state index contributed by atoms with van der Waals surface area (Å²) in [6.45, 7) is 2.09. The van der Waals surface area contributed by atoms with Crippen LogP contribution < -0.4 is 0 Å². The molecule has 1 unspecified atom stereocenters. The maximum Gasteiger partial charge on any atom is 0.187 e. The molecule has 0 heterocycles. The van der Waals surface area contributed by atoms with Crippen LogP contribution in [0.2, 0.25) is 0 Å². The molecule has 0 spiro atoms. The van der Waals surface area contributed by atoms with Crippen molar-refractivity contribution in [3.05, 3.63) is 0 Å². The van der Waals surface area contributed by atoms with Crippen LogP contribution in [0.25, 0.3) is 0 Å². The molecule has 0 aliphatic heterocycles. The number of rotatable bonds is 0. The summed E-state index contributed by atoms with van der Waals surface area (Å²) in [6.07, 6.45) is 1.17. The molecule has 0 aromatic heterocycles. The molecule has 0 fully saturated rings. The van der Waals surface area contributed by atoms with Gasteiger partial charge in [0.25, 0.3) is 0 Å². The molecule has 0 aromatic rings. The van der Waals surface area contributed by atoms with Gasteiger partial charge in [0.15, 0.2) is 17.4 Å². The second-order valence-electron chi connectivity index (χ2n) is 0.408. The quantitative estimate of drug-likeness (QED) is 0.364. The third-order valence-corrected chi connectivity index (χ3v) is 0. The number of halogens is 1. The summed E-state index contributed by atoms with van der Waals surface area (Å²) in [4.78, 5) is 0. The Morgan fingerprint density at radius 1 is 1.60 bits per heavy atom. The van der Waals surface area contributed by atoms with E-state index in [-0.39, 0.29) is 34.3 Å². The molecule has 0 saturated heterocycles. The van der Waals surface area contributed by atoms with Gasteiger partial charge in [-0.2, -0.15) is 0 Å². The predicted molar refractivity (Wildman–Crippen MR) is 40.5 cm³/mol. The fraction of sp³-hybridized carbons (Fsp3) is 1.00. The van der Waals surface area contributed by atoms with E-state index in [1.165, 1.54) is 6.16 Å². The van der Waals surface area contributed by atoms with Crippen LogP contribution in [0, 0.1) is 0 Å². The molecule has 0 saturated carbocycles. The van der Waals surface area contributed by atoms with Gasteiger partial charge in [-0.25, -0.2) is 0 Å². The third kappa shape index (κ3) is 31.0. The summed E-state index contributed by atoms with van der Waals surface area (Å²) in [7, 11) is 2.58. The lowest BCUT2D eigenvalue weighted by Gasteiger charge is -1.48. The Morgan fingerprint density at radius 3 is 1.60 bits per heavy atom. The van der Waals surface area contributed by atoms with Crippen LogP contribution in [0.5, 0.6) is 0 Å². The molecule has 0 amide bonds. The van der Waals surface area contributed by atoms with Crippen LogP contribution in [-0.2, 0) is 0 Å². The van der Waals surface area contributed by atoms with Gasteiger partial charge in [0.1, 0.15) is 0 Å². The highest BCUT2D eigenvalue weighted by atomic mass is 79.9. The van der Waals surface area contributed by atoms with Crippen LogP contribution in [-0.4, -0.2) is 23.5 Å². The summed E-state index contributed by atoms with van der Waals surface area (Å²) in [5, 5.41) is 0. The Kier molecular flexibility index (Phi) is 58.0. The van der Waals surface area contributed by atoms with E-state index in [4.69, 9.17) is 0 Å². The van der Waals surface area contributed by atoms with Gasteiger partial charge in [0, 0.05) is 0 Å². The molecule has 0 aromatic carbocycles. The van der Waals surface area contributed by atoms with Crippen LogP contribution in [0.1, 0.15) is 6.92 Å². The summed E-state index contributed by atoms with van der Waals surface area (Å²) in [6, 6.07) is 0. The minimum absolute atomic E-state index is 0. The highest BCUT2D eigenvalue weighted by molar-refractivity contribution is 8.93. The highest BCUT2D eigenvalue weighted by Gasteiger charge is 1.35. The molecule has 0 aliphatic carbocycles. The maximum absolute atomic E-state index is 2.58. The van der Waals surface area contributed by atoms with Crippen molar-refractivity contribution in [3.8, 4) is 0 Å². The molecule has 0 rings (SSSR count). The van der Waals surface area contributed by atoms with E-state index in [9.17, 15) is 0 Å². The average Bonchev–Trinajstić information content (AvgIpc) is 0.918. The Bertz CT molecular complexity index is 9.61. The molecule has 1 atom stereocenters. The van der Waals surface area contributed by atoms with Gasteiger partial charge in [0.2, 0.25) is 0 Å². The van der Waals surface area contributed by atoms with Crippen molar-refractivity contribution in [1.29, 1.82) is 0 Å². The summed E-state index contributed by atoms with van der Waals surface area (Å²) in [5.74, 6) is 0.